The Balaban J connectivity index is 1.75. The topological polar surface area (TPSA) is 30.7 Å². The summed E-state index contributed by atoms with van der Waals surface area (Å²) >= 11 is 13.7. The van der Waals surface area contributed by atoms with E-state index in [9.17, 15) is 0 Å². The Morgan fingerprint density at radius 1 is 0.793 bits per heavy atom. The van der Waals surface area contributed by atoms with Gasteiger partial charge in [0.1, 0.15) is 0 Å². The van der Waals surface area contributed by atoms with Crippen molar-refractivity contribution in [1.82, 2.24) is 14.8 Å². The molecule has 0 bridgehead atoms. The second-order valence-electron chi connectivity index (χ2n) is 6.83. The molecule has 0 aliphatic heterocycles. The average Bonchev–Trinajstić information content (AvgIpc) is 3.14. The molecule has 0 N–H and O–H groups in total. The Morgan fingerprint density at radius 3 is 2.10 bits per heavy atom. The summed E-state index contributed by atoms with van der Waals surface area (Å²) in [6.07, 6.45) is 0. The van der Waals surface area contributed by atoms with E-state index < -0.39 is 0 Å². The van der Waals surface area contributed by atoms with Crippen LogP contribution in [0.2, 0.25) is 10.0 Å². The molecule has 0 fully saturated rings. The fourth-order valence-electron chi connectivity index (χ4n) is 2.98. The Morgan fingerprint density at radius 2 is 1.45 bits per heavy atom. The van der Waals surface area contributed by atoms with Crippen LogP contribution in [-0.4, -0.2) is 14.8 Å². The SMILES string of the molecule is Cc1ccc(-n2c(SCc3ccc(Cl)cc3)nnc2-c2ccc(Cl)cc2)cc1C. The summed E-state index contributed by atoms with van der Waals surface area (Å²) < 4.78 is 2.11. The summed E-state index contributed by atoms with van der Waals surface area (Å²) in [4.78, 5) is 0. The van der Waals surface area contributed by atoms with Gasteiger partial charge in [0.05, 0.1) is 5.69 Å². The highest BCUT2D eigenvalue weighted by molar-refractivity contribution is 7.98. The Hall–Kier alpha value is -2.27. The summed E-state index contributed by atoms with van der Waals surface area (Å²) in [6.45, 7) is 4.23. The van der Waals surface area contributed by atoms with Crippen LogP contribution in [0.25, 0.3) is 17.1 Å². The van der Waals surface area contributed by atoms with Gasteiger partial charge in [0.2, 0.25) is 0 Å². The minimum absolute atomic E-state index is 0.698. The van der Waals surface area contributed by atoms with Gasteiger partial charge >= 0.3 is 0 Å². The Kier molecular flexibility index (Phi) is 5.95. The number of benzene rings is 3. The van der Waals surface area contributed by atoms with Gasteiger partial charge in [-0.3, -0.25) is 4.57 Å². The summed E-state index contributed by atoms with van der Waals surface area (Å²) in [5, 5.41) is 11.3. The molecule has 0 spiro atoms. The summed E-state index contributed by atoms with van der Waals surface area (Å²) in [7, 11) is 0. The summed E-state index contributed by atoms with van der Waals surface area (Å²) in [6, 6.07) is 22.0. The minimum atomic E-state index is 0.698. The first-order chi connectivity index (χ1) is 14.0. The van der Waals surface area contributed by atoms with Gasteiger partial charge in [-0.05, 0) is 79.1 Å². The third-order valence-electron chi connectivity index (χ3n) is 4.77. The van der Waals surface area contributed by atoms with Crippen molar-refractivity contribution in [3.05, 3.63) is 93.5 Å². The van der Waals surface area contributed by atoms with E-state index in [4.69, 9.17) is 23.2 Å². The monoisotopic (exact) mass is 439 g/mol. The minimum Gasteiger partial charge on any atom is -0.270 e. The van der Waals surface area contributed by atoms with Crippen LogP contribution >= 0.6 is 35.0 Å². The molecule has 1 heterocycles. The molecule has 0 atom stereocenters. The number of rotatable bonds is 5. The molecule has 0 unspecified atom stereocenters. The molecule has 146 valence electrons. The maximum atomic E-state index is 6.07. The van der Waals surface area contributed by atoms with Crippen LogP contribution in [0.4, 0.5) is 0 Å². The lowest BCUT2D eigenvalue weighted by atomic mass is 10.1. The predicted molar refractivity (Wildman–Crippen MR) is 122 cm³/mol. The third kappa shape index (κ3) is 4.50. The van der Waals surface area contributed by atoms with E-state index in [-0.39, 0.29) is 0 Å². The van der Waals surface area contributed by atoms with Crippen LogP contribution in [0.3, 0.4) is 0 Å². The second kappa shape index (κ2) is 8.62. The third-order valence-corrected chi connectivity index (χ3v) is 6.27. The number of aryl methyl sites for hydroxylation is 2. The van der Waals surface area contributed by atoms with Crippen molar-refractivity contribution in [3.63, 3.8) is 0 Å². The largest absolute Gasteiger partial charge is 0.270 e. The lowest BCUT2D eigenvalue weighted by Crippen LogP contribution is -2.01. The van der Waals surface area contributed by atoms with Crippen LogP contribution in [-0.2, 0) is 5.75 Å². The van der Waals surface area contributed by atoms with Crippen molar-refractivity contribution in [2.75, 3.05) is 0 Å². The zero-order valence-corrected chi connectivity index (χ0v) is 18.4. The van der Waals surface area contributed by atoms with Crippen molar-refractivity contribution in [2.24, 2.45) is 0 Å². The molecule has 0 saturated carbocycles. The van der Waals surface area contributed by atoms with Crippen LogP contribution in [0.15, 0.2) is 71.9 Å². The van der Waals surface area contributed by atoms with Crippen molar-refractivity contribution in [2.45, 2.75) is 24.8 Å². The molecule has 4 rings (SSSR count). The van der Waals surface area contributed by atoms with Gasteiger partial charge in [-0.2, -0.15) is 0 Å². The summed E-state index contributed by atoms with van der Waals surface area (Å²) in [5.74, 6) is 1.57. The highest BCUT2D eigenvalue weighted by Gasteiger charge is 2.17. The smallest absolute Gasteiger partial charge is 0.196 e. The van der Waals surface area contributed by atoms with Gasteiger partial charge in [-0.15, -0.1) is 10.2 Å². The highest BCUT2D eigenvalue weighted by Crippen LogP contribution is 2.31. The Labute approximate surface area is 184 Å². The molecular weight excluding hydrogens is 421 g/mol. The zero-order valence-electron chi connectivity index (χ0n) is 16.1. The molecule has 0 radical (unpaired) electrons. The number of thioether (sulfide) groups is 1. The molecule has 0 amide bonds. The normalized spacial score (nSPS) is 11.0. The number of hydrogen-bond donors (Lipinski definition) is 0. The van der Waals surface area contributed by atoms with E-state index in [1.807, 2.05) is 48.5 Å². The van der Waals surface area contributed by atoms with Crippen LogP contribution in [0.1, 0.15) is 16.7 Å². The number of nitrogens with zero attached hydrogens (tertiary/aromatic N) is 3. The van der Waals surface area contributed by atoms with Crippen LogP contribution in [0.5, 0.6) is 0 Å². The fourth-order valence-corrected chi connectivity index (χ4v) is 4.14. The number of hydrogen-bond acceptors (Lipinski definition) is 3. The molecule has 0 aliphatic carbocycles. The quantitative estimate of drug-likeness (QED) is 0.309. The van der Waals surface area contributed by atoms with Crippen molar-refractivity contribution >= 4 is 35.0 Å². The maximum absolute atomic E-state index is 6.07. The average molecular weight is 440 g/mol. The molecule has 6 heteroatoms. The fraction of sp³-hybridized carbons (Fsp3) is 0.130. The van der Waals surface area contributed by atoms with Crippen LogP contribution < -0.4 is 0 Å². The number of aromatic nitrogens is 3. The van der Waals surface area contributed by atoms with Crippen LogP contribution in [0, 0.1) is 13.8 Å². The standard InChI is InChI=1S/C23H19Cl2N3S/c1-15-3-12-21(13-16(15)2)28-22(18-6-10-20(25)11-7-18)26-27-23(28)29-14-17-4-8-19(24)9-5-17/h3-13H,14H2,1-2H3. The molecule has 3 aromatic carbocycles. The van der Waals surface area contributed by atoms with E-state index in [2.05, 4.69) is 46.8 Å². The molecule has 1 aromatic heterocycles. The van der Waals surface area contributed by atoms with E-state index in [1.54, 1.807) is 11.8 Å². The number of halogens is 2. The highest BCUT2D eigenvalue weighted by atomic mass is 35.5. The lowest BCUT2D eigenvalue weighted by molar-refractivity contribution is 0.884. The van der Waals surface area contributed by atoms with E-state index in [0.29, 0.717) is 5.02 Å². The van der Waals surface area contributed by atoms with E-state index >= 15 is 0 Å². The van der Waals surface area contributed by atoms with E-state index in [1.165, 1.54) is 16.7 Å². The van der Waals surface area contributed by atoms with Gasteiger partial charge in [0, 0.05) is 21.4 Å². The first kappa shape index (κ1) is 20.0. The summed E-state index contributed by atoms with van der Waals surface area (Å²) in [5.41, 5.74) is 5.68. The maximum Gasteiger partial charge on any atom is 0.196 e. The van der Waals surface area contributed by atoms with Gasteiger partial charge in [0.15, 0.2) is 11.0 Å². The predicted octanol–water partition coefficient (Wildman–Crippen LogP) is 7.15. The van der Waals surface area contributed by atoms with Crippen molar-refractivity contribution in [1.29, 1.82) is 0 Å². The molecular formula is C23H19Cl2N3S. The van der Waals surface area contributed by atoms with Crippen molar-refractivity contribution < 1.29 is 0 Å². The molecule has 29 heavy (non-hydrogen) atoms. The molecule has 0 saturated heterocycles. The zero-order chi connectivity index (χ0) is 20.4. The molecule has 3 nitrogen and oxygen atoms in total. The van der Waals surface area contributed by atoms with Gasteiger partial charge in [-0.25, -0.2) is 0 Å². The second-order valence-corrected chi connectivity index (χ2v) is 8.65. The Bertz CT molecular complexity index is 1140. The van der Waals surface area contributed by atoms with Gasteiger partial charge in [-0.1, -0.05) is 53.2 Å². The molecule has 4 aromatic rings. The van der Waals surface area contributed by atoms with Gasteiger partial charge < -0.3 is 0 Å². The first-order valence-corrected chi connectivity index (χ1v) is 10.9. The van der Waals surface area contributed by atoms with Crippen molar-refractivity contribution in [3.8, 4) is 17.1 Å². The van der Waals surface area contributed by atoms with E-state index in [0.717, 1.165) is 33.0 Å². The first-order valence-electron chi connectivity index (χ1n) is 9.17. The van der Waals surface area contributed by atoms with Gasteiger partial charge in [0.25, 0.3) is 0 Å². The molecule has 0 aliphatic rings. The lowest BCUT2D eigenvalue weighted by Gasteiger charge is -2.12.